The Morgan fingerprint density at radius 3 is 2.77 bits per heavy atom. The van der Waals surface area contributed by atoms with E-state index in [2.05, 4.69) is 5.10 Å². The molecule has 2 aliphatic rings. The van der Waals surface area contributed by atoms with E-state index < -0.39 is 11.5 Å². The van der Waals surface area contributed by atoms with Crippen LogP contribution in [0, 0.1) is 5.41 Å². The van der Waals surface area contributed by atoms with E-state index in [9.17, 15) is 9.59 Å². The van der Waals surface area contributed by atoms with Gasteiger partial charge in [-0.25, -0.2) is 5.01 Å². The predicted molar refractivity (Wildman–Crippen MR) is 119 cm³/mol. The van der Waals surface area contributed by atoms with Gasteiger partial charge in [-0.3, -0.25) is 9.59 Å². The van der Waals surface area contributed by atoms with Crippen LogP contribution < -0.4 is 10.5 Å². The SMILES string of the molecule is CN1N=C2CCN(C(=O)C(N)COc3cccc(Cl)c3)CC2(Cc2ccccc2)C1=O. The molecule has 2 N–H and O–H groups in total. The number of ether oxygens (including phenoxy) is 1. The molecule has 0 radical (unpaired) electrons. The summed E-state index contributed by atoms with van der Waals surface area (Å²) in [7, 11) is 1.66. The molecule has 0 saturated carbocycles. The maximum absolute atomic E-state index is 13.2. The Kier molecular flexibility index (Phi) is 5.98. The second kappa shape index (κ2) is 8.69. The number of rotatable bonds is 6. The van der Waals surface area contributed by atoms with E-state index in [1.165, 1.54) is 5.01 Å². The number of nitrogens with zero attached hydrogens (tertiary/aromatic N) is 3. The van der Waals surface area contributed by atoms with Crippen LogP contribution in [0.3, 0.4) is 0 Å². The maximum atomic E-state index is 13.2. The van der Waals surface area contributed by atoms with Crippen molar-refractivity contribution in [3.8, 4) is 5.75 Å². The van der Waals surface area contributed by atoms with E-state index in [0.29, 0.717) is 30.2 Å². The van der Waals surface area contributed by atoms with Gasteiger partial charge in [-0.2, -0.15) is 5.10 Å². The predicted octanol–water partition coefficient (Wildman–Crippen LogP) is 2.34. The molecule has 2 aliphatic heterocycles. The van der Waals surface area contributed by atoms with Crippen LogP contribution in [-0.4, -0.2) is 60.2 Å². The van der Waals surface area contributed by atoms with Crippen molar-refractivity contribution in [2.75, 3.05) is 26.7 Å². The van der Waals surface area contributed by atoms with Gasteiger partial charge in [0.05, 0.1) is 5.71 Å². The fourth-order valence-electron chi connectivity index (χ4n) is 4.26. The van der Waals surface area contributed by atoms with Crippen LogP contribution in [0.25, 0.3) is 0 Å². The second-order valence-corrected chi connectivity index (χ2v) is 8.44. The maximum Gasteiger partial charge on any atom is 0.256 e. The Morgan fingerprint density at radius 1 is 1.26 bits per heavy atom. The van der Waals surface area contributed by atoms with Crippen molar-refractivity contribution in [2.45, 2.75) is 18.9 Å². The number of hydrazone groups is 1. The van der Waals surface area contributed by atoms with Crippen molar-refractivity contribution < 1.29 is 14.3 Å². The molecule has 31 heavy (non-hydrogen) atoms. The molecule has 2 heterocycles. The second-order valence-electron chi connectivity index (χ2n) is 8.00. The Labute approximate surface area is 186 Å². The van der Waals surface area contributed by atoms with Crippen molar-refractivity contribution in [3.05, 3.63) is 65.2 Å². The molecule has 2 amide bonds. The molecule has 0 aromatic heterocycles. The summed E-state index contributed by atoms with van der Waals surface area (Å²) in [4.78, 5) is 27.9. The molecule has 2 aromatic rings. The summed E-state index contributed by atoms with van der Waals surface area (Å²) in [6.45, 7) is 0.754. The van der Waals surface area contributed by atoms with Crippen molar-refractivity contribution in [2.24, 2.45) is 16.3 Å². The fourth-order valence-corrected chi connectivity index (χ4v) is 4.44. The molecule has 7 nitrogen and oxygen atoms in total. The van der Waals surface area contributed by atoms with Crippen molar-refractivity contribution in [3.63, 3.8) is 0 Å². The average Bonchev–Trinajstić information content (AvgIpc) is 3.01. The number of amides is 2. The Bertz CT molecular complexity index is 1010. The minimum atomic E-state index is -0.850. The van der Waals surface area contributed by atoms with Gasteiger partial charge < -0.3 is 15.4 Å². The average molecular weight is 441 g/mol. The van der Waals surface area contributed by atoms with Gasteiger partial charge in [0.15, 0.2) is 0 Å². The third kappa shape index (κ3) is 4.29. The van der Waals surface area contributed by atoms with Gasteiger partial charge in [0.2, 0.25) is 5.91 Å². The summed E-state index contributed by atoms with van der Waals surface area (Å²) >= 11 is 5.97. The van der Waals surface area contributed by atoms with E-state index in [-0.39, 0.29) is 25.0 Å². The number of carbonyl (C=O) groups is 2. The zero-order valence-corrected chi connectivity index (χ0v) is 18.1. The van der Waals surface area contributed by atoms with Gasteiger partial charge in [0.25, 0.3) is 5.91 Å². The summed E-state index contributed by atoms with van der Waals surface area (Å²) in [6, 6.07) is 15.9. The first kappa shape index (κ1) is 21.3. The van der Waals surface area contributed by atoms with Gasteiger partial charge in [0.1, 0.15) is 23.8 Å². The topological polar surface area (TPSA) is 88.2 Å². The van der Waals surface area contributed by atoms with Gasteiger partial charge >= 0.3 is 0 Å². The summed E-state index contributed by atoms with van der Waals surface area (Å²) in [5, 5.41) is 6.42. The largest absolute Gasteiger partial charge is 0.491 e. The first-order chi connectivity index (χ1) is 14.9. The van der Waals surface area contributed by atoms with Crippen LogP contribution in [0.15, 0.2) is 59.7 Å². The van der Waals surface area contributed by atoms with Crippen molar-refractivity contribution in [1.29, 1.82) is 0 Å². The number of benzene rings is 2. The van der Waals surface area contributed by atoms with Gasteiger partial charge in [-0.05, 0) is 30.2 Å². The molecule has 1 fully saturated rings. The molecule has 1 saturated heterocycles. The first-order valence-corrected chi connectivity index (χ1v) is 10.6. The molecule has 2 aromatic carbocycles. The van der Waals surface area contributed by atoms with Gasteiger partial charge in [-0.15, -0.1) is 0 Å². The molecule has 0 spiro atoms. The quantitative estimate of drug-likeness (QED) is 0.746. The number of hydrogen-bond donors (Lipinski definition) is 1. The third-order valence-corrected chi connectivity index (χ3v) is 6.04. The van der Waals surface area contributed by atoms with Crippen molar-refractivity contribution >= 4 is 29.1 Å². The lowest BCUT2D eigenvalue weighted by Crippen LogP contribution is -2.58. The number of piperidine rings is 1. The number of halogens is 1. The molecular formula is C23H25ClN4O3. The molecule has 0 aliphatic carbocycles. The van der Waals surface area contributed by atoms with E-state index in [1.54, 1.807) is 36.2 Å². The van der Waals surface area contributed by atoms with E-state index >= 15 is 0 Å². The lowest BCUT2D eigenvalue weighted by atomic mass is 9.73. The highest BCUT2D eigenvalue weighted by Crippen LogP contribution is 2.38. The lowest BCUT2D eigenvalue weighted by Gasteiger charge is -2.40. The molecule has 8 heteroatoms. The summed E-state index contributed by atoms with van der Waals surface area (Å²) in [6.07, 6.45) is 1.03. The van der Waals surface area contributed by atoms with Gasteiger partial charge in [0, 0.05) is 31.6 Å². The number of carbonyl (C=O) groups excluding carboxylic acids is 2. The monoisotopic (exact) mass is 440 g/mol. The highest BCUT2D eigenvalue weighted by molar-refractivity contribution is 6.30. The van der Waals surface area contributed by atoms with E-state index in [0.717, 1.165) is 11.3 Å². The highest BCUT2D eigenvalue weighted by Gasteiger charge is 2.53. The zero-order chi connectivity index (χ0) is 22.0. The molecule has 4 rings (SSSR count). The number of fused-ring (bicyclic) bond motifs is 1. The van der Waals surface area contributed by atoms with Crippen LogP contribution in [0.1, 0.15) is 12.0 Å². The fraction of sp³-hybridized carbons (Fsp3) is 0.348. The highest BCUT2D eigenvalue weighted by atomic mass is 35.5. The van der Waals surface area contributed by atoms with Crippen LogP contribution in [-0.2, 0) is 16.0 Å². The summed E-state index contributed by atoms with van der Waals surface area (Å²) < 4.78 is 5.65. The van der Waals surface area contributed by atoms with Crippen molar-refractivity contribution in [1.82, 2.24) is 9.91 Å². The number of likely N-dealkylation sites (tertiary alicyclic amines) is 1. The number of hydrogen-bond acceptors (Lipinski definition) is 5. The third-order valence-electron chi connectivity index (χ3n) is 5.81. The molecular weight excluding hydrogens is 416 g/mol. The van der Waals surface area contributed by atoms with Crippen LogP contribution in [0.2, 0.25) is 5.02 Å². The Balaban J connectivity index is 1.48. The molecule has 2 atom stereocenters. The summed E-state index contributed by atoms with van der Waals surface area (Å²) in [5.74, 6) is 0.223. The first-order valence-electron chi connectivity index (χ1n) is 10.2. The van der Waals surface area contributed by atoms with Gasteiger partial charge in [-0.1, -0.05) is 48.0 Å². The number of nitrogens with two attached hydrogens (primary N) is 1. The molecule has 162 valence electrons. The molecule has 2 unspecified atom stereocenters. The molecule has 0 bridgehead atoms. The summed E-state index contributed by atoms with van der Waals surface area (Å²) in [5.41, 5.74) is 7.16. The minimum Gasteiger partial charge on any atom is -0.491 e. The smallest absolute Gasteiger partial charge is 0.256 e. The standard InChI is InChI=1S/C23H25ClN4O3/c1-27-22(30)23(13-16-6-3-2-4-7-16)15-28(11-10-20(23)26-27)21(29)19(25)14-31-18-9-5-8-17(24)12-18/h2-9,12,19H,10-11,13-15,25H2,1H3. The Morgan fingerprint density at radius 2 is 2.03 bits per heavy atom. The van der Waals surface area contributed by atoms with Crippen LogP contribution in [0.5, 0.6) is 5.75 Å². The lowest BCUT2D eigenvalue weighted by molar-refractivity contribution is -0.140. The normalized spacial score (nSPS) is 21.5. The van der Waals surface area contributed by atoms with Crippen LogP contribution >= 0.6 is 11.6 Å². The van der Waals surface area contributed by atoms with E-state index in [1.807, 2.05) is 30.3 Å². The Hall–Kier alpha value is -2.90. The van der Waals surface area contributed by atoms with E-state index in [4.69, 9.17) is 22.1 Å². The van der Waals surface area contributed by atoms with Crippen LogP contribution in [0.4, 0.5) is 0 Å². The minimum absolute atomic E-state index is 0.0240. The zero-order valence-electron chi connectivity index (χ0n) is 17.3.